The number of aliphatic hydroxyl groups is 1. The molecule has 0 aliphatic carbocycles. The van der Waals surface area contributed by atoms with Crippen LogP contribution in [0.15, 0.2) is 29.9 Å². The summed E-state index contributed by atoms with van der Waals surface area (Å²) in [5.74, 6) is 0.236. The van der Waals surface area contributed by atoms with Crippen molar-refractivity contribution in [2.45, 2.75) is 44.9 Å². The summed E-state index contributed by atoms with van der Waals surface area (Å²) in [5.41, 5.74) is 1.79. The Hall–Kier alpha value is -2.03. The third kappa shape index (κ3) is 5.12. The third-order valence-electron chi connectivity index (χ3n) is 5.97. The Balaban J connectivity index is 1.26. The van der Waals surface area contributed by atoms with Crippen LogP contribution in [-0.2, 0) is 17.9 Å². The van der Waals surface area contributed by atoms with Crippen molar-refractivity contribution in [1.29, 1.82) is 0 Å². The van der Waals surface area contributed by atoms with Crippen LogP contribution in [0.3, 0.4) is 0 Å². The first-order valence-corrected chi connectivity index (χ1v) is 11.3. The van der Waals surface area contributed by atoms with Crippen LogP contribution in [0.2, 0.25) is 0 Å². The second kappa shape index (κ2) is 9.65. The van der Waals surface area contributed by atoms with E-state index in [1.165, 1.54) is 0 Å². The van der Waals surface area contributed by atoms with E-state index < -0.39 is 0 Å². The van der Waals surface area contributed by atoms with Crippen molar-refractivity contribution in [3.63, 3.8) is 0 Å². The molecule has 4 heterocycles. The quantitative estimate of drug-likeness (QED) is 0.751. The standard InChI is InChI=1S/C21H29N5O2S/c27-14-18-15-29-21(24-18)25-9-5-19(6-10-25)26-8-2-4-17(13-26)20(28)23-12-16-3-1-7-22-11-16/h1,3,7,11,15,17,19,27H,2,4-6,8-10,12-14H2,(H,23,28). The SMILES string of the molecule is O=C(NCc1cccnc1)C1CCCN(C2CCN(c3nc(CO)cs3)CC2)C1. The van der Waals surface area contributed by atoms with E-state index in [0.29, 0.717) is 12.6 Å². The molecule has 2 aliphatic heterocycles. The Labute approximate surface area is 175 Å². The first kappa shape index (κ1) is 20.3. The summed E-state index contributed by atoms with van der Waals surface area (Å²) in [4.78, 5) is 26.1. The Morgan fingerprint density at radius 3 is 2.86 bits per heavy atom. The number of likely N-dealkylation sites (tertiary alicyclic amines) is 1. The van der Waals surface area contributed by atoms with Gasteiger partial charge in [0.1, 0.15) is 0 Å². The van der Waals surface area contributed by atoms with E-state index in [-0.39, 0.29) is 18.4 Å². The van der Waals surface area contributed by atoms with Gasteiger partial charge in [0.25, 0.3) is 0 Å². The number of pyridine rings is 1. The number of amides is 1. The zero-order valence-corrected chi connectivity index (χ0v) is 17.5. The predicted molar refractivity (Wildman–Crippen MR) is 114 cm³/mol. The molecule has 1 amide bonds. The maximum absolute atomic E-state index is 12.7. The minimum absolute atomic E-state index is 0.00494. The van der Waals surface area contributed by atoms with E-state index in [2.05, 4.69) is 25.1 Å². The highest BCUT2D eigenvalue weighted by Gasteiger charge is 2.32. The van der Waals surface area contributed by atoms with Gasteiger partial charge < -0.3 is 15.3 Å². The van der Waals surface area contributed by atoms with Crippen LogP contribution < -0.4 is 10.2 Å². The number of thiazole rings is 1. The van der Waals surface area contributed by atoms with Crippen LogP contribution in [0.5, 0.6) is 0 Å². The first-order chi connectivity index (χ1) is 14.2. The van der Waals surface area contributed by atoms with E-state index in [1.807, 2.05) is 17.5 Å². The lowest BCUT2D eigenvalue weighted by Crippen LogP contribution is -2.50. The Morgan fingerprint density at radius 2 is 2.14 bits per heavy atom. The van der Waals surface area contributed by atoms with Gasteiger partial charge in [-0.15, -0.1) is 11.3 Å². The lowest BCUT2D eigenvalue weighted by Gasteiger charge is -2.42. The van der Waals surface area contributed by atoms with Gasteiger partial charge in [-0.1, -0.05) is 6.07 Å². The number of rotatable bonds is 6. The van der Waals surface area contributed by atoms with Gasteiger partial charge in [0, 0.05) is 50.0 Å². The van der Waals surface area contributed by atoms with Crippen molar-refractivity contribution in [1.82, 2.24) is 20.2 Å². The van der Waals surface area contributed by atoms with Gasteiger partial charge in [-0.2, -0.15) is 0 Å². The molecule has 2 aromatic heterocycles. The van der Waals surface area contributed by atoms with E-state index in [4.69, 9.17) is 0 Å². The zero-order chi connectivity index (χ0) is 20.1. The number of aliphatic hydroxyl groups excluding tert-OH is 1. The minimum Gasteiger partial charge on any atom is -0.390 e. The lowest BCUT2D eigenvalue weighted by molar-refractivity contribution is -0.127. The molecule has 8 heteroatoms. The van der Waals surface area contributed by atoms with Crippen molar-refractivity contribution < 1.29 is 9.90 Å². The van der Waals surface area contributed by atoms with Crippen molar-refractivity contribution in [2.24, 2.45) is 5.92 Å². The second-order valence-electron chi connectivity index (χ2n) is 7.91. The number of nitrogens with zero attached hydrogens (tertiary/aromatic N) is 4. The Morgan fingerprint density at radius 1 is 1.28 bits per heavy atom. The minimum atomic E-state index is 0.00494. The topological polar surface area (TPSA) is 81.6 Å². The Kier molecular flexibility index (Phi) is 6.74. The molecule has 29 heavy (non-hydrogen) atoms. The van der Waals surface area contributed by atoms with Crippen LogP contribution >= 0.6 is 11.3 Å². The molecule has 2 aliphatic rings. The normalized spacial score (nSPS) is 21.3. The largest absolute Gasteiger partial charge is 0.390 e. The van der Waals surface area contributed by atoms with Gasteiger partial charge in [-0.05, 0) is 43.9 Å². The van der Waals surface area contributed by atoms with Gasteiger partial charge in [0.15, 0.2) is 5.13 Å². The number of hydrogen-bond acceptors (Lipinski definition) is 7. The van der Waals surface area contributed by atoms with Crippen LogP contribution in [0.25, 0.3) is 0 Å². The number of aromatic nitrogens is 2. The van der Waals surface area contributed by atoms with E-state index in [1.54, 1.807) is 23.7 Å². The molecule has 2 N–H and O–H groups in total. The Bertz CT molecular complexity index is 791. The fourth-order valence-corrected chi connectivity index (χ4v) is 5.20. The smallest absolute Gasteiger partial charge is 0.224 e. The maximum atomic E-state index is 12.7. The third-order valence-corrected chi connectivity index (χ3v) is 6.92. The van der Waals surface area contributed by atoms with Gasteiger partial charge in [-0.3, -0.25) is 14.7 Å². The molecular weight excluding hydrogens is 386 g/mol. The lowest BCUT2D eigenvalue weighted by atomic mass is 9.93. The molecule has 2 aromatic rings. The highest BCUT2D eigenvalue weighted by molar-refractivity contribution is 7.13. The molecule has 7 nitrogen and oxygen atoms in total. The number of anilines is 1. The fraction of sp³-hybridized carbons (Fsp3) is 0.571. The van der Waals surface area contributed by atoms with Crippen LogP contribution in [0, 0.1) is 5.92 Å². The van der Waals surface area contributed by atoms with Crippen LogP contribution in [-0.4, -0.2) is 58.1 Å². The summed E-state index contributed by atoms with van der Waals surface area (Å²) in [6.45, 7) is 4.46. The van der Waals surface area contributed by atoms with Gasteiger partial charge in [0.2, 0.25) is 5.91 Å². The molecule has 156 valence electrons. The van der Waals surface area contributed by atoms with E-state index in [9.17, 15) is 9.90 Å². The summed E-state index contributed by atoms with van der Waals surface area (Å²) < 4.78 is 0. The molecule has 0 saturated carbocycles. The molecular formula is C21H29N5O2S. The molecule has 1 unspecified atom stereocenters. The summed E-state index contributed by atoms with van der Waals surface area (Å²) in [7, 11) is 0. The van der Waals surface area contributed by atoms with Crippen molar-refractivity contribution >= 4 is 22.4 Å². The van der Waals surface area contributed by atoms with Gasteiger partial charge >= 0.3 is 0 Å². The zero-order valence-electron chi connectivity index (χ0n) is 16.7. The number of hydrogen-bond donors (Lipinski definition) is 2. The summed E-state index contributed by atoms with van der Waals surface area (Å²) in [6, 6.07) is 4.42. The highest BCUT2D eigenvalue weighted by Crippen LogP contribution is 2.28. The average Bonchev–Trinajstić information content (AvgIpc) is 3.28. The number of piperidine rings is 2. The molecule has 2 saturated heterocycles. The monoisotopic (exact) mass is 415 g/mol. The maximum Gasteiger partial charge on any atom is 0.224 e. The fourth-order valence-electron chi connectivity index (χ4n) is 4.32. The molecule has 1 atom stereocenters. The second-order valence-corrected chi connectivity index (χ2v) is 8.75. The molecule has 0 bridgehead atoms. The van der Waals surface area contributed by atoms with E-state index in [0.717, 1.165) is 68.3 Å². The molecule has 4 rings (SSSR count). The number of carbonyl (C=O) groups excluding carboxylic acids is 1. The molecule has 0 aromatic carbocycles. The summed E-state index contributed by atoms with van der Waals surface area (Å²) in [6.07, 6.45) is 7.79. The van der Waals surface area contributed by atoms with Crippen molar-refractivity contribution in [3.8, 4) is 0 Å². The van der Waals surface area contributed by atoms with Crippen molar-refractivity contribution in [2.75, 3.05) is 31.1 Å². The van der Waals surface area contributed by atoms with E-state index >= 15 is 0 Å². The van der Waals surface area contributed by atoms with Crippen LogP contribution in [0.4, 0.5) is 5.13 Å². The van der Waals surface area contributed by atoms with Crippen LogP contribution in [0.1, 0.15) is 36.9 Å². The van der Waals surface area contributed by atoms with Gasteiger partial charge in [-0.25, -0.2) is 4.98 Å². The molecule has 0 spiro atoms. The summed E-state index contributed by atoms with van der Waals surface area (Å²) >= 11 is 1.61. The van der Waals surface area contributed by atoms with Gasteiger partial charge in [0.05, 0.1) is 18.2 Å². The highest BCUT2D eigenvalue weighted by atomic mass is 32.1. The summed E-state index contributed by atoms with van der Waals surface area (Å²) in [5, 5.41) is 15.2. The molecule has 0 radical (unpaired) electrons. The predicted octanol–water partition coefficient (Wildman–Crippen LogP) is 2.03. The number of nitrogens with one attached hydrogen (secondary N) is 1. The number of carbonyl (C=O) groups is 1. The first-order valence-electron chi connectivity index (χ1n) is 10.4. The molecule has 2 fully saturated rings. The van der Waals surface area contributed by atoms with Crippen molar-refractivity contribution in [3.05, 3.63) is 41.2 Å². The average molecular weight is 416 g/mol.